The summed E-state index contributed by atoms with van der Waals surface area (Å²) in [4.78, 5) is 2.74. The summed E-state index contributed by atoms with van der Waals surface area (Å²) in [6.45, 7) is 5.06. The molecule has 12 heavy (non-hydrogen) atoms. The van der Waals surface area contributed by atoms with Gasteiger partial charge in [-0.3, -0.25) is 0 Å². The summed E-state index contributed by atoms with van der Waals surface area (Å²) in [6.07, 6.45) is 6.22. The van der Waals surface area contributed by atoms with Gasteiger partial charge in [-0.15, -0.1) is 0 Å². The van der Waals surface area contributed by atoms with Crippen LogP contribution in [0.1, 0.15) is 32.6 Å². The molecule has 1 saturated heterocycles. The number of nitrogens with zero attached hydrogens (tertiary/aromatic N) is 1. The summed E-state index contributed by atoms with van der Waals surface area (Å²) in [5.74, 6) is 3.31. The molecule has 4 atom stereocenters. The van der Waals surface area contributed by atoms with Gasteiger partial charge in [-0.25, -0.2) is 0 Å². The van der Waals surface area contributed by atoms with Gasteiger partial charge in [-0.05, 0) is 50.0 Å². The quantitative estimate of drug-likeness (QED) is 0.575. The minimum atomic E-state index is 0.999. The summed E-state index contributed by atoms with van der Waals surface area (Å²) in [7, 11) is 0. The molecule has 0 aromatic rings. The van der Waals surface area contributed by atoms with Gasteiger partial charge in [-0.1, -0.05) is 6.92 Å². The first-order valence-corrected chi connectivity index (χ1v) is 5.62. The Labute approximate surface area is 75.1 Å². The molecule has 0 aromatic heterocycles. The summed E-state index contributed by atoms with van der Waals surface area (Å²) in [5.41, 5.74) is 0. The topological polar surface area (TPSA) is 3.24 Å². The lowest BCUT2D eigenvalue weighted by Gasteiger charge is -2.29. The Morgan fingerprint density at radius 1 is 1.08 bits per heavy atom. The molecule has 0 N–H and O–H groups in total. The van der Waals surface area contributed by atoms with E-state index in [0.29, 0.717) is 0 Å². The Bertz CT molecular complexity index is 185. The molecule has 3 aliphatic rings. The average Bonchev–Trinajstić information content (AvgIpc) is 2.59. The summed E-state index contributed by atoms with van der Waals surface area (Å²) < 4.78 is 0. The molecule has 4 bridgehead atoms. The van der Waals surface area contributed by atoms with Gasteiger partial charge in [0, 0.05) is 12.6 Å². The maximum absolute atomic E-state index is 2.74. The minimum absolute atomic E-state index is 0.999. The van der Waals surface area contributed by atoms with Crippen molar-refractivity contribution in [3.63, 3.8) is 0 Å². The predicted octanol–water partition coefficient (Wildman–Crippen LogP) is 2.13. The van der Waals surface area contributed by atoms with Gasteiger partial charge in [0.15, 0.2) is 0 Å². The van der Waals surface area contributed by atoms with Crippen molar-refractivity contribution >= 4 is 0 Å². The van der Waals surface area contributed by atoms with Crippen LogP contribution in [0.15, 0.2) is 0 Å². The highest BCUT2D eigenvalue weighted by atomic mass is 15.2. The van der Waals surface area contributed by atoms with Crippen molar-refractivity contribution in [3.8, 4) is 0 Å². The Balaban J connectivity index is 1.86. The van der Waals surface area contributed by atoms with E-state index < -0.39 is 0 Å². The van der Waals surface area contributed by atoms with Gasteiger partial charge in [0.2, 0.25) is 0 Å². The van der Waals surface area contributed by atoms with Crippen LogP contribution in [-0.4, -0.2) is 24.0 Å². The summed E-state index contributed by atoms with van der Waals surface area (Å²) in [5, 5.41) is 0. The second kappa shape index (κ2) is 2.47. The number of fused-ring (bicyclic) bond motifs is 6. The fourth-order valence-electron chi connectivity index (χ4n) is 4.00. The van der Waals surface area contributed by atoms with Crippen molar-refractivity contribution in [2.24, 2.45) is 17.8 Å². The van der Waals surface area contributed by atoms with E-state index in [4.69, 9.17) is 0 Å². The third kappa shape index (κ3) is 0.834. The lowest BCUT2D eigenvalue weighted by atomic mass is 9.81. The van der Waals surface area contributed by atoms with Crippen LogP contribution in [-0.2, 0) is 0 Å². The van der Waals surface area contributed by atoms with E-state index in [1.165, 1.54) is 13.1 Å². The van der Waals surface area contributed by atoms with Crippen molar-refractivity contribution in [2.75, 3.05) is 13.1 Å². The van der Waals surface area contributed by atoms with E-state index in [9.17, 15) is 0 Å². The second-order valence-electron chi connectivity index (χ2n) is 4.98. The highest BCUT2D eigenvalue weighted by molar-refractivity contribution is 5.01. The third-order valence-electron chi connectivity index (χ3n) is 4.61. The van der Waals surface area contributed by atoms with Crippen LogP contribution in [0.4, 0.5) is 0 Å². The van der Waals surface area contributed by atoms with Crippen LogP contribution < -0.4 is 0 Å². The monoisotopic (exact) mass is 165 g/mol. The molecule has 2 saturated carbocycles. The first kappa shape index (κ1) is 7.37. The molecule has 0 amide bonds. The lowest BCUT2D eigenvalue weighted by molar-refractivity contribution is 0.198. The normalized spacial score (nSPS) is 51.8. The van der Waals surface area contributed by atoms with E-state index >= 15 is 0 Å². The standard InChI is InChI=1S/C11H19N/c1-2-12-7-10-6-11(12)9-4-3-8(10)5-9/h8-11H,2-7H2,1H3. The maximum atomic E-state index is 2.74. The summed E-state index contributed by atoms with van der Waals surface area (Å²) >= 11 is 0. The molecule has 1 nitrogen and oxygen atoms in total. The molecule has 0 aromatic carbocycles. The first-order chi connectivity index (χ1) is 5.88. The Morgan fingerprint density at radius 2 is 1.92 bits per heavy atom. The molecule has 1 heteroatoms. The van der Waals surface area contributed by atoms with Gasteiger partial charge >= 0.3 is 0 Å². The van der Waals surface area contributed by atoms with Crippen LogP contribution in [0, 0.1) is 17.8 Å². The van der Waals surface area contributed by atoms with E-state index in [1.54, 1.807) is 25.7 Å². The average molecular weight is 165 g/mol. The van der Waals surface area contributed by atoms with Crippen LogP contribution in [0.25, 0.3) is 0 Å². The fourth-order valence-corrected chi connectivity index (χ4v) is 4.00. The molecular weight excluding hydrogens is 146 g/mol. The molecule has 0 radical (unpaired) electrons. The molecule has 0 spiro atoms. The molecule has 1 aliphatic heterocycles. The smallest absolute Gasteiger partial charge is 0.0127 e. The minimum Gasteiger partial charge on any atom is -0.300 e. The Hall–Kier alpha value is -0.0400. The zero-order valence-corrected chi connectivity index (χ0v) is 8.00. The van der Waals surface area contributed by atoms with Crippen LogP contribution in [0.5, 0.6) is 0 Å². The van der Waals surface area contributed by atoms with Gasteiger partial charge < -0.3 is 4.90 Å². The van der Waals surface area contributed by atoms with Crippen molar-refractivity contribution in [2.45, 2.75) is 38.6 Å². The second-order valence-corrected chi connectivity index (χ2v) is 4.98. The molecule has 1 heterocycles. The van der Waals surface area contributed by atoms with Crippen molar-refractivity contribution in [1.82, 2.24) is 4.90 Å². The number of likely N-dealkylation sites (tertiary alicyclic amines) is 1. The molecule has 4 unspecified atom stereocenters. The predicted molar refractivity (Wildman–Crippen MR) is 50.0 cm³/mol. The van der Waals surface area contributed by atoms with Gasteiger partial charge in [-0.2, -0.15) is 0 Å². The fraction of sp³-hybridized carbons (Fsp3) is 1.00. The number of hydrogen-bond acceptors (Lipinski definition) is 1. The van der Waals surface area contributed by atoms with Crippen molar-refractivity contribution in [1.29, 1.82) is 0 Å². The van der Waals surface area contributed by atoms with Crippen LogP contribution in [0.3, 0.4) is 0 Å². The van der Waals surface area contributed by atoms with Crippen LogP contribution in [0.2, 0.25) is 0 Å². The molecule has 2 aliphatic carbocycles. The lowest BCUT2D eigenvalue weighted by Crippen LogP contribution is -2.34. The van der Waals surface area contributed by atoms with Crippen molar-refractivity contribution in [3.05, 3.63) is 0 Å². The number of rotatable bonds is 1. The SMILES string of the molecule is CCN1CC2CC1C1CCC2C1. The maximum Gasteiger partial charge on any atom is 0.0127 e. The van der Waals surface area contributed by atoms with Crippen molar-refractivity contribution < 1.29 is 0 Å². The van der Waals surface area contributed by atoms with Gasteiger partial charge in [0.1, 0.15) is 0 Å². The largest absolute Gasteiger partial charge is 0.300 e. The van der Waals surface area contributed by atoms with E-state index in [0.717, 1.165) is 23.8 Å². The van der Waals surface area contributed by atoms with E-state index in [2.05, 4.69) is 11.8 Å². The first-order valence-electron chi connectivity index (χ1n) is 5.62. The Morgan fingerprint density at radius 3 is 2.75 bits per heavy atom. The molecule has 3 rings (SSSR count). The Kier molecular flexibility index (Phi) is 1.52. The van der Waals surface area contributed by atoms with E-state index in [-0.39, 0.29) is 0 Å². The van der Waals surface area contributed by atoms with Crippen LogP contribution >= 0.6 is 0 Å². The highest BCUT2D eigenvalue weighted by Gasteiger charge is 2.48. The number of hydrogen-bond donors (Lipinski definition) is 0. The zero-order chi connectivity index (χ0) is 8.13. The van der Waals surface area contributed by atoms with E-state index in [1.807, 2.05) is 0 Å². The summed E-state index contributed by atoms with van der Waals surface area (Å²) in [6, 6.07) is 0.999. The third-order valence-corrected chi connectivity index (χ3v) is 4.61. The van der Waals surface area contributed by atoms with Gasteiger partial charge in [0.05, 0.1) is 0 Å². The van der Waals surface area contributed by atoms with Gasteiger partial charge in [0.25, 0.3) is 0 Å². The molecular formula is C11H19N. The molecule has 68 valence electrons. The highest BCUT2D eigenvalue weighted by Crippen LogP contribution is 2.51. The molecule has 3 fully saturated rings. The zero-order valence-electron chi connectivity index (χ0n) is 8.00.